The Morgan fingerprint density at radius 1 is 1.22 bits per heavy atom. The molecule has 0 aliphatic heterocycles. The molecule has 2 aromatic heterocycles. The zero-order valence-corrected chi connectivity index (χ0v) is 18.7. The molecule has 0 bridgehead atoms. The fourth-order valence-electron chi connectivity index (χ4n) is 2.91. The van der Waals surface area contributed by atoms with Crippen LogP contribution in [0.3, 0.4) is 0 Å². The van der Waals surface area contributed by atoms with Gasteiger partial charge in [0.05, 0.1) is 41.5 Å². The van der Waals surface area contributed by atoms with Crippen molar-refractivity contribution in [2.24, 2.45) is 15.9 Å². The van der Waals surface area contributed by atoms with Crippen LogP contribution >= 0.6 is 0 Å². The maximum atomic E-state index is 12.9. The van der Waals surface area contributed by atoms with Gasteiger partial charge in [-0.25, -0.2) is 15.0 Å². The van der Waals surface area contributed by atoms with E-state index in [0.29, 0.717) is 16.8 Å². The number of carbonyl (C=O) groups is 1. The first-order valence-electron chi connectivity index (χ1n) is 10.3. The van der Waals surface area contributed by atoms with Gasteiger partial charge in [0.2, 0.25) is 5.95 Å². The third kappa shape index (κ3) is 6.60. The molecule has 0 saturated heterocycles. The summed E-state index contributed by atoms with van der Waals surface area (Å²) in [7, 11) is 0. The number of nitriles is 1. The van der Waals surface area contributed by atoms with Crippen LogP contribution in [0.1, 0.15) is 29.6 Å². The van der Waals surface area contributed by atoms with Crippen molar-refractivity contribution in [3.63, 3.8) is 0 Å². The second-order valence-corrected chi connectivity index (χ2v) is 7.35. The molecule has 3 aromatic rings. The molecule has 10 nitrogen and oxygen atoms in total. The Morgan fingerprint density at radius 3 is 2.64 bits per heavy atom. The lowest BCUT2D eigenvalue weighted by atomic mass is 10.1. The Morgan fingerprint density at radius 2 is 1.97 bits per heavy atom. The number of nitrogens with zero attached hydrogens (tertiary/aromatic N) is 6. The maximum Gasteiger partial charge on any atom is 0.433 e. The minimum atomic E-state index is -4.58. The van der Waals surface area contributed by atoms with E-state index < -0.39 is 23.9 Å². The summed E-state index contributed by atoms with van der Waals surface area (Å²) >= 11 is 0. The van der Waals surface area contributed by atoms with Crippen LogP contribution in [0.4, 0.5) is 19.1 Å². The van der Waals surface area contributed by atoms with Crippen LogP contribution < -0.4 is 11.2 Å². The first-order chi connectivity index (χ1) is 17.1. The Labute approximate surface area is 203 Å². The van der Waals surface area contributed by atoms with Crippen LogP contribution in [-0.4, -0.2) is 44.0 Å². The lowest BCUT2D eigenvalue weighted by Crippen LogP contribution is -2.27. The maximum absolute atomic E-state index is 12.9. The molecule has 0 unspecified atom stereocenters. The Balaban J connectivity index is 1.95. The third-order valence-corrected chi connectivity index (χ3v) is 4.70. The van der Waals surface area contributed by atoms with E-state index in [0.717, 1.165) is 6.07 Å². The summed E-state index contributed by atoms with van der Waals surface area (Å²) in [6.45, 7) is 1.21. The zero-order valence-electron chi connectivity index (χ0n) is 18.7. The summed E-state index contributed by atoms with van der Waals surface area (Å²) < 4.78 is 38.7. The molecule has 0 aliphatic carbocycles. The number of hydrogen-bond acceptors (Lipinski definition) is 9. The summed E-state index contributed by atoms with van der Waals surface area (Å²) in [5.74, 6) is 4.33. The monoisotopic (exact) mass is 496 g/mol. The number of hydrogen-bond donors (Lipinski definition) is 3. The van der Waals surface area contributed by atoms with Gasteiger partial charge in [0, 0.05) is 5.56 Å². The van der Waals surface area contributed by atoms with Crippen molar-refractivity contribution >= 4 is 23.8 Å². The molecule has 0 radical (unpaired) electrons. The van der Waals surface area contributed by atoms with E-state index in [9.17, 15) is 28.3 Å². The van der Waals surface area contributed by atoms with Gasteiger partial charge in [-0.3, -0.25) is 9.79 Å². The van der Waals surface area contributed by atoms with E-state index >= 15 is 0 Å². The number of nitrogens with one attached hydrogen (secondary N) is 1. The second-order valence-electron chi connectivity index (χ2n) is 7.35. The topological polar surface area (TPSA) is 163 Å². The molecule has 0 fully saturated rings. The summed E-state index contributed by atoms with van der Waals surface area (Å²) in [5, 5.41) is 24.7. The average Bonchev–Trinajstić information content (AvgIpc) is 2.86. The minimum absolute atomic E-state index is 0.0474. The smallest absolute Gasteiger partial charge is 0.433 e. The van der Waals surface area contributed by atoms with Crippen molar-refractivity contribution in [1.82, 2.24) is 15.0 Å². The predicted octanol–water partition coefficient (Wildman–Crippen LogP) is 3.25. The van der Waals surface area contributed by atoms with Gasteiger partial charge in [-0.05, 0) is 37.3 Å². The van der Waals surface area contributed by atoms with Gasteiger partial charge in [-0.1, -0.05) is 18.2 Å². The number of carboxylic acids is 1. The number of pyridine rings is 1. The molecular weight excluding hydrogens is 477 g/mol. The number of alkyl halides is 3. The molecule has 13 heteroatoms. The number of halogens is 3. The molecular formula is C23H19F3N8O2. The second kappa shape index (κ2) is 11.0. The third-order valence-electron chi connectivity index (χ3n) is 4.70. The van der Waals surface area contributed by atoms with Gasteiger partial charge in [0.1, 0.15) is 17.4 Å². The van der Waals surface area contributed by atoms with E-state index in [1.807, 2.05) is 6.07 Å². The summed E-state index contributed by atoms with van der Waals surface area (Å²) in [6, 6.07) is 12.5. The fourth-order valence-corrected chi connectivity index (χ4v) is 2.91. The number of aromatic nitrogens is 3. The van der Waals surface area contributed by atoms with Crippen molar-refractivity contribution in [2.75, 3.05) is 5.32 Å². The molecule has 0 spiro atoms. The van der Waals surface area contributed by atoms with Crippen molar-refractivity contribution < 1.29 is 23.1 Å². The molecule has 36 heavy (non-hydrogen) atoms. The molecule has 0 aliphatic rings. The minimum Gasteiger partial charge on any atom is -0.480 e. The summed E-state index contributed by atoms with van der Waals surface area (Å²) in [5.41, 5.74) is 0.511. The summed E-state index contributed by atoms with van der Waals surface area (Å²) in [6.07, 6.45) is -3.37. The van der Waals surface area contributed by atoms with Crippen LogP contribution in [0.25, 0.3) is 11.3 Å². The number of aliphatic imine (C=N–C) groups is 1. The average molecular weight is 496 g/mol. The summed E-state index contributed by atoms with van der Waals surface area (Å²) in [4.78, 5) is 27.5. The highest BCUT2D eigenvalue weighted by Gasteiger charge is 2.32. The largest absolute Gasteiger partial charge is 0.480 e. The molecule has 0 amide bonds. The lowest BCUT2D eigenvalue weighted by molar-refractivity contribution is -0.141. The van der Waals surface area contributed by atoms with E-state index in [1.165, 1.54) is 31.3 Å². The molecule has 4 N–H and O–H groups in total. The fraction of sp³-hybridized carbons (Fsp3) is 0.174. The highest BCUT2D eigenvalue weighted by atomic mass is 19.4. The predicted molar refractivity (Wildman–Crippen MR) is 125 cm³/mol. The van der Waals surface area contributed by atoms with Crippen LogP contribution in [0.2, 0.25) is 0 Å². The van der Waals surface area contributed by atoms with Crippen molar-refractivity contribution in [1.29, 1.82) is 5.26 Å². The van der Waals surface area contributed by atoms with E-state index in [4.69, 9.17) is 5.84 Å². The van der Waals surface area contributed by atoms with Gasteiger partial charge in [0.15, 0.2) is 0 Å². The van der Waals surface area contributed by atoms with E-state index in [2.05, 4.69) is 30.4 Å². The van der Waals surface area contributed by atoms with Crippen molar-refractivity contribution in [3.05, 3.63) is 71.2 Å². The van der Waals surface area contributed by atoms with E-state index in [-0.39, 0.29) is 29.6 Å². The molecule has 184 valence electrons. The SMILES string of the molecule is C[C@@H](Nc1nc(C(C=NCc2cccc(C(F)(F)F)n2)=NN)cc(-c2cccc(C#N)c2)n1)C(=O)O. The van der Waals surface area contributed by atoms with Gasteiger partial charge < -0.3 is 16.3 Å². The number of hydrazone groups is 1. The van der Waals surface area contributed by atoms with Crippen LogP contribution in [0.15, 0.2) is 58.6 Å². The molecule has 1 aromatic carbocycles. The van der Waals surface area contributed by atoms with Crippen molar-refractivity contribution in [3.8, 4) is 17.3 Å². The number of nitrogens with two attached hydrogens (primary N) is 1. The van der Waals surface area contributed by atoms with E-state index in [1.54, 1.807) is 24.3 Å². The van der Waals surface area contributed by atoms with Crippen LogP contribution in [0.5, 0.6) is 0 Å². The van der Waals surface area contributed by atoms with Gasteiger partial charge in [0.25, 0.3) is 0 Å². The zero-order chi connectivity index (χ0) is 26.3. The van der Waals surface area contributed by atoms with Gasteiger partial charge >= 0.3 is 12.1 Å². The highest BCUT2D eigenvalue weighted by molar-refractivity contribution is 6.37. The lowest BCUT2D eigenvalue weighted by Gasteiger charge is -2.12. The normalized spacial score (nSPS) is 12.8. The number of benzene rings is 1. The number of rotatable bonds is 8. The Kier molecular flexibility index (Phi) is 7.90. The first kappa shape index (κ1) is 25.8. The molecule has 3 rings (SSSR count). The first-order valence-corrected chi connectivity index (χ1v) is 10.3. The number of carboxylic acid groups (broad SMARTS) is 1. The highest BCUT2D eigenvalue weighted by Crippen LogP contribution is 2.27. The van der Waals surface area contributed by atoms with Gasteiger partial charge in [-0.2, -0.15) is 23.5 Å². The molecule has 1 atom stereocenters. The van der Waals surface area contributed by atoms with Gasteiger partial charge in [-0.15, -0.1) is 0 Å². The molecule has 2 heterocycles. The van der Waals surface area contributed by atoms with Crippen LogP contribution in [-0.2, 0) is 17.5 Å². The molecule has 0 saturated carbocycles. The number of aliphatic carboxylic acids is 1. The van der Waals surface area contributed by atoms with Crippen molar-refractivity contribution in [2.45, 2.75) is 25.7 Å². The Hall–Kier alpha value is -4.86. The standard InChI is InChI=1S/C23H19F3N8O2/c1-13(21(35)36)30-22-32-17(15-5-2-4-14(8-15)10-27)9-18(33-22)19(34-28)12-29-11-16-6-3-7-20(31-16)23(24,25)26/h2-9,12-13H,11,28H2,1H3,(H,35,36)(H,30,32,33)/t13-/m1/s1. The van der Waals surface area contributed by atoms with Crippen LogP contribution in [0, 0.1) is 11.3 Å². The Bertz CT molecular complexity index is 1370. The number of anilines is 1. The quantitative estimate of drug-likeness (QED) is 0.243.